The summed E-state index contributed by atoms with van der Waals surface area (Å²) < 4.78 is 32.1. The summed E-state index contributed by atoms with van der Waals surface area (Å²) in [6.45, 7) is 6.38. The zero-order valence-corrected chi connectivity index (χ0v) is 13.4. The molecule has 1 fully saturated rings. The average molecular weight is 310 g/mol. The summed E-state index contributed by atoms with van der Waals surface area (Å²) in [7, 11) is 0. The van der Waals surface area contributed by atoms with Crippen molar-refractivity contribution in [2.75, 3.05) is 0 Å². The first kappa shape index (κ1) is 16.9. The normalized spacial score (nSPS) is 25.7. The molecular formula is C18H24F2O2. The third-order valence-corrected chi connectivity index (χ3v) is 4.29. The number of benzene rings is 1. The number of hydrogen-bond acceptors (Lipinski definition) is 2. The van der Waals surface area contributed by atoms with Crippen molar-refractivity contribution >= 4 is 5.97 Å². The number of esters is 1. The molecule has 1 aromatic carbocycles. The third-order valence-electron chi connectivity index (χ3n) is 4.29. The van der Waals surface area contributed by atoms with E-state index in [1.54, 1.807) is 30.3 Å². The van der Waals surface area contributed by atoms with Crippen LogP contribution in [0.25, 0.3) is 0 Å². The Morgan fingerprint density at radius 1 is 1.23 bits per heavy atom. The van der Waals surface area contributed by atoms with Gasteiger partial charge in [0.2, 0.25) is 0 Å². The summed E-state index contributed by atoms with van der Waals surface area (Å²) in [5, 5.41) is 0. The second kappa shape index (κ2) is 6.76. The van der Waals surface area contributed by atoms with Gasteiger partial charge in [-0.05, 0) is 36.2 Å². The molecule has 0 bridgehead atoms. The van der Waals surface area contributed by atoms with Gasteiger partial charge >= 0.3 is 5.97 Å². The van der Waals surface area contributed by atoms with Crippen molar-refractivity contribution in [2.24, 2.45) is 11.3 Å². The van der Waals surface area contributed by atoms with Crippen LogP contribution in [0.15, 0.2) is 30.3 Å². The van der Waals surface area contributed by atoms with Crippen molar-refractivity contribution in [1.29, 1.82) is 0 Å². The molecule has 0 amide bonds. The second-order valence-corrected chi connectivity index (χ2v) is 7.20. The summed E-state index contributed by atoms with van der Waals surface area (Å²) in [6.07, 6.45) is -0.480. The zero-order chi connectivity index (χ0) is 16.3. The molecule has 1 aromatic rings. The Morgan fingerprint density at radius 3 is 2.41 bits per heavy atom. The summed E-state index contributed by atoms with van der Waals surface area (Å²) in [6, 6.07) is 8.15. The lowest BCUT2D eigenvalue weighted by Gasteiger charge is -2.38. The van der Waals surface area contributed by atoms with Crippen molar-refractivity contribution in [2.45, 2.75) is 58.5 Å². The van der Waals surface area contributed by atoms with Gasteiger partial charge in [-0.3, -0.25) is 4.79 Å². The van der Waals surface area contributed by atoms with Crippen LogP contribution in [0.5, 0.6) is 0 Å². The fourth-order valence-corrected chi connectivity index (χ4v) is 3.63. The van der Waals surface area contributed by atoms with Gasteiger partial charge in [0.1, 0.15) is 12.0 Å². The number of halogens is 2. The molecule has 2 rings (SSSR count). The standard InChI is InChI=1S/C18H24F2O2/c1-12-9-14(11-18(2,3)10-12)22-17(21)15(16(19)20)13-7-5-4-6-8-13/h4-8,12,14-16H,9-11H2,1-3H3. The van der Waals surface area contributed by atoms with Gasteiger partial charge in [-0.15, -0.1) is 0 Å². The Balaban J connectivity index is 2.09. The molecule has 1 aliphatic rings. The molecule has 3 unspecified atom stereocenters. The number of alkyl halides is 2. The van der Waals surface area contributed by atoms with Crippen LogP contribution in [-0.4, -0.2) is 18.5 Å². The van der Waals surface area contributed by atoms with E-state index in [0.29, 0.717) is 11.5 Å². The molecule has 22 heavy (non-hydrogen) atoms. The second-order valence-electron chi connectivity index (χ2n) is 7.20. The van der Waals surface area contributed by atoms with E-state index in [9.17, 15) is 13.6 Å². The molecular weight excluding hydrogens is 286 g/mol. The van der Waals surface area contributed by atoms with Crippen molar-refractivity contribution < 1.29 is 18.3 Å². The Labute approximate surface area is 130 Å². The highest BCUT2D eigenvalue weighted by molar-refractivity contribution is 5.78. The van der Waals surface area contributed by atoms with Gasteiger partial charge in [-0.25, -0.2) is 8.78 Å². The summed E-state index contributed by atoms with van der Waals surface area (Å²) in [4.78, 5) is 12.3. The van der Waals surface area contributed by atoms with Crippen LogP contribution >= 0.6 is 0 Å². The lowest BCUT2D eigenvalue weighted by Crippen LogP contribution is -2.36. The van der Waals surface area contributed by atoms with E-state index in [2.05, 4.69) is 20.8 Å². The minimum absolute atomic E-state index is 0.0791. The maximum Gasteiger partial charge on any atom is 0.319 e. The van der Waals surface area contributed by atoms with Crippen LogP contribution in [0.3, 0.4) is 0 Å². The molecule has 0 radical (unpaired) electrons. The van der Waals surface area contributed by atoms with Gasteiger partial charge in [0.15, 0.2) is 0 Å². The van der Waals surface area contributed by atoms with Gasteiger partial charge in [0.25, 0.3) is 6.43 Å². The summed E-state index contributed by atoms with van der Waals surface area (Å²) in [5.41, 5.74) is 0.390. The largest absolute Gasteiger partial charge is 0.462 e. The van der Waals surface area contributed by atoms with Crippen LogP contribution < -0.4 is 0 Å². The Morgan fingerprint density at radius 2 is 1.86 bits per heavy atom. The lowest BCUT2D eigenvalue weighted by molar-refractivity contribution is -0.159. The molecule has 122 valence electrons. The van der Waals surface area contributed by atoms with E-state index in [4.69, 9.17) is 4.74 Å². The Kier molecular flexibility index (Phi) is 5.20. The van der Waals surface area contributed by atoms with Crippen LogP contribution in [0.4, 0.5) is 8.78 Å². The highest BCUT2D eigenvalue weighted by Crippen LogP contribution is 2.40. The van der Waals surface area contributed by atoms with E-state index in [0.717, 1.165) is 19.3 Å². The van der Waals surface area contributed by atoms with Gasteiger partial charge < -0.3 is 4.74 Å². The summed E-state index contributed by atoms with van der Waals surface area (Å²) >= 11 is 0. The van der Waals surface area contributed by atoms with E-state index in [1.807, 2.05) is 0 Å². The van der Waals surface area contributed by atoms with Gasteiger partial charge in [-0.2, -0.15) is 0 Å². The number of ether oxygens (including phenoxy) is 1. The molecule has 1 aliphatic carbocycles. The number of carbonyl (C=O) groups is 1. The van der Waals surface area contributed by atoms with E-state index >= 15 is 0 Å². The molecule has 1 saturated carbocycles. The van der Waals surface area contributed by atoms with Crippen molar-refractivity contribution in [3.05, 3.63) is 35.9 Å². The van der Waals surface area contributed by atoms with Crippen LogP contribution in [0.2, 0.25) is 0 Å². The van der Waals surface area contributed by atoms with Crippen LogP contribution in [-0.2, 0) is 9.53 Å². The first-order valence-electron chi connectivity index (χ1n) is 7.82. The van der Waals surface area contributed by atoms with Crippen molar-refractivity contribution in [3.8, 4) is 0 Å². The van der Waals surface area contributed by atoms with Crippen LogP contribution in [0, 0.1) is 11.3 Å². The van der Waals surface area contributed by atoms with Gasteiger partial charge in [0, 0.05) is 0 Å². The Hall–Kier alpha value is -1.45. The zero-order valence-electron chi connectivity index (χ0n) is 13.4. The monoisotopic (exact) mass is 310 g/mol. The lowest BCUT2D eigenvalue weighted by atomic mass is 9.71. The van der Waals surface area contributed by atoms with Crippen molar-refractivity contribution in [3.63, 3.8) is 0 Å². The number of carbonyl (C=O) groups excluding carboxylic acids is 1. The molecule has 0 heterocycles. The maximum atomic E-state index is 13.3. The first-order valence-corrected chi connectivity index (χ1v) is 7.82. The van der Waals surface area contributed by atoms with E-state index in [1.165, 1.54) is 0 Å². The van der Waals surface area contributed by atoms with Crippen LogP contribution in [0.1, 0.15) is 51.5 Å². The number of hydrogen-bond donors (Lipinski definition) is 0. The fraction of sp³-hybridized carbons (Fsp3) is 0.611. The maximum absolute atomic E-state index is 13.3. The molecule has 0 N–H and O–H groups in total. The van der Waals surface area contributed by atoms with E-state index in [-0.39, 0.29) is 11.5 Å². The molecule has 2 nitrogen and oxygen atoms in total. The van der Waals surface area contributed by atoms with Crippen molar-refractivity contribution in [1.82, 2.24) is 0 Å². The molecule has 0 aliphatic heterocycles. The molecule has 3 atom stereocenters. The highest BCUT2D eigenvalue weighted by Gasteiger charge is 2.37. The molecule has 0 saturated heterocycles. The Bertz CT molecular complexity index is 499. The predicted octanol–water partition coefficient (Wildman–Crippen LogP) is 4.79. The van der Waals surface area contributed by atoms with E-state index < -0.39 is 18.3 Å². The fourth-order valence-electron chi connectivity index (χ4n) is 3.63. The topological polar surface area (TPSA) is 26.3 Å². The molecule has 0 spiro atoms. The smallest absolute Gasteiger partial charge is 0.319 e. The minimum atomic E-state index is -2.76. The molecule has 0 aromatic heterocycles. The SMILES string of the molecule is CC1CC(OC(=O)C(c2ccccc2)C(F)F)CC(C)(C)C1. The predicted molar refractivity (Wildman–Crippen MR) is 81.9 cm³/mol. The van der Waals surface area contributed by atoms with Gasteiger partial charge in [0.05, 0.1) is 0 Å². The number of rotatable bonds is 4. The third kappa shape index (κ3) is 4.28. The first-order chi connectivity index (χ1) is 10.3. The average Bonchev–Trinajstić information content (AvgIpc) is 2.36. The highest BCUT2D eigenvalue weighted by atomic mass is 19.3. The molecule has 4 heteroatoms. The quantitative estimate of drug-likeness (QED) is 0.747. The summed E-state index contributed by atoms with van der Waals surface area (Å²) in [5.74, 6) is -1.87. The van der Waals surface area contributed by atoms with Gasteiger partial charge in [-0.1, -0.05) is 51.1 Å². The minimum Gasteiger partial charge on any atom is -0.462 e.